The molecule has 19 heavy (non-hydrogen) atoms. The number of ether oxygens (including phenoxy) is 1. The lowest BCUT2D eigenvalue weighted by Gasteiger charge is -2.08. The van der Waals surface area contributed by atoms with E-state index < -0.39 is 32.8 Å². The zero-order valence-corrected chi connectivity index (χ0v) is 11.3. The Morgan fingerprint density at radius 1 is 1.47 bits per heavy atom. The van der Waals surface area contributed by atoms with Crippen LogP contribution in [0.4, 0.5) is 8.78 Å². The Morgan fingerprint density at radius 3 is 2.58 bits per heavy atom. The molecular formula is C10H10ClF2NO4S. The summed E-state index contributed by atoms with van der Waals surface area (Å²) in [5.41, 5.74) is -0.110. The highest BCUT2D eigenvalue weighted by Crippen LogP contribution is 2.27. The highest BCUT2D eigenvalue weighted by molar-refractivity contribution is 8.13. The Morgan fingerprint density at radius 2 is 2.11 bits per heavy atom. The second-order valence-corrected chi connectivity index (χ2v) is 5.94. The lowest BCUT2D eigenvalue weighted by Crippen LogP contribution is -2.28. The van der Waals surface area contributed by atoms with Crippen molar-refractivity contribution < 1.29 is 26.7 Å². The molecule has 1 rings (SSSR count). The van der Waals surface area contributed by atoms with E-state index in [1.807, 2.05) is 5.32 Å². The molecule has 0 spiro atoms. The molecule has 1 amide bonds. The van der Waals surface area contributed by atoms with Gasteiger partial charge in [-0.15, -0.1) is 0 Å². The topological polar surface area (TPSA) is 72.5 Å². The molecule has 0 aliphatic rings. The van der Waals surface area contributed by atoms with Gasteiger partial charge in [-0.3, -0.25) is 4.79 Å². The molecule has 5 nitrogen and oxygen atoms in total. The number of alkyl halides is 2. The molecule has 0 unspecified atom stereocenters. The molecule has 0 saturated heterocycles. The standard InChI is InChI=1S/C10H10ClF2NO4S/c1-18-7-3-2-6(4-8(7)19(11,16)17)10(15)14-5-9(12)13/h2-4,9H,5H2,1H3,(H,14,15). The molecule has 0 atom stereocenters. The summed E-state index contributed by atoms with van der Waals surface area (Å²) < 4.78 is 51.3. The van der Waals surface area contributed by atoms with Gasteiger partial charge in [0.15, 0.2) is 0 Å². The van der Waals surface area contributed by atoms with Gasteiger partial charge in [-0.05, 0) is 18.2 Å². The summed E-state index contributed by atoms with van der Waals surface area (Å²) in [6, 6.07) is 3.42. The highest BCUT2D eigenvalue weighted by Gasteiger charge is 2.19. The van der Waals surface area contributed by atoms with E-state index in [0.29, 0.717) is 0 Å². The first-order chi connectivity index (χ1) is 8.75. The van der Waals surface area contributed by atoms with Gasteiger partial charge in [0.1, 0.15) is 10.6 Å². The van der Waals surface area contributed by atoms with Crippen molar-refractivity contribution in [3.63, 3.8) is 0 Å². The summed E-state index contributed by atoms with van der Waals surface area (Å²) in [7, 11) is 2.31. The van der Waals surface area contributed by atoms with E-state index in [2.05, 4.69) is 0 Å². The van der Waals surface area contributed by atoms with Crippen LogP contribution in [0.2, 0.25) is 0 Å². The third-order valence-electron chi connectivity index (χ3n) is 2.11. The number of rotatable bonds is 5. The van der Waals surface area contributed by atoms with Crippen LogP contribution in [0.15, 0.2) is 23.1 Å². The number of carbonyl (C=O) groups excluding carboxylic acids is 1. The maximum absolute atomic E-state index is 11.9. The first kappa shape index (κ1) is 15.6. The smallest absolute Gasteiger partial charge is 0.265 e. The van der Waals surface area contributed by atoms with E-state index in [4.69, 9.17) is 15.4 Å². The van der Waals surface area contributed by atoms with E-state index in [1.165, 1.54) is 19.2 Å². The minimum atomic E-state index is -4.11. The van der Waals surface area contributed by atoms with Gasteiger partial charge in [0.25, 0.3) is 21.4 Å². The maximum Gasteiger partial charge on any atom is 0.265 e. The van der Waals surface area contributed by atoms with Gasteiger partial charge >= 0.3 is 0 Å². The molecule has 0 radical (unpaired) electrons. The molecule has 0 saturated carbocycles. The van der Waals surface area contributed by atoms with Crippen LogP contribution >= 0.6 is 10.7 Å². The molecule has 9 heteroatoms. The normalized spacial score (nSPS) is 11.4. The Balaban J connectivity index is 3.09. The Kier molecular flexibility index (Phi) is 5.07. The Bertz CT molecular complexity index is 577. The van der Waals surface area contributed by atoms with Crippen molar-refractivity contribution in [3.8, 4) is 5.75 Å². The summed E-state index contributed by atoms with van der Waals surface area (Å²) in [5.74, 6) is -0.870. The fraction of sp³-hybridized carbons (Fsp3) is 0.300. The molecule has 0 aliphatic heterocycles. The van der Waals surface area contributed by atoms with E-state index >= 15 is 0 Å². The minimum Gasteiger partial charge on any atom is -0.495 e. The van der Waals surface area contributed by atoms with Crippen LogP contribution in [-0.2, 0) is 9.05 Å². The number of benzene rings is 1. The summed E-state index contributed by atoms with van der Waals surface area (Å²) >= 11 is 0. The second kappa shape index (κ2) is 6.16. The summed E-state index contributed by atoms with van der Waals surface area (Å²) in [4.78, 5) is 11.1. The van der Waals surface area contributed by atoms with Gasteiger partial charge in [0, 0.05) is 16.2 Å². The quantitative estimate of drug-likeness (QED) is 0.838. The van der Waals surface area contributed by atoms with Crippen molar-refractivity contribution >= 4 is 25.6 Å². The molecule has 0 bridgehead atoms. The first-order valence-corrected chi connectivity index (χ1v) is 7.25. The lowest BCUT2D eigenvalue weighted by molar-refractivity contribution is 0.0891. The van der Waals surface area contributed by atoms with Gasteiger partial charge in [0.05, 0.1) is 13.7 Å². The summed E-state index contributed by atoms with van der Waals surface area (Å²) in [6.45, 7) is -0.826. The van der Waals surface area contributed by atoms with Crippen molar-refractivity contribution in [1.82, 2.24) is 5.32 Å². The number of halogens is 3. The fourth-order valence-corrected chi connectivity index (χ4v) is 2.30. The molecule has 0 heterocycles. The number of nitrogens with one attached hydrogen (secondary N) is 1. The van der Waals surface area contributed by atoms with Crippen molar-refractivity contribution in [2.75, 3.05) is 13.7 Å². The molecule has 106 valence electrons. The van der Waals surface area contributed by atoms with Crippen LogP contribution in [-0.4, -0.2) is 34.4 Å². The third kappa shape index (κ3) is 4.32. The van der Waals surface area contributed by atoms with Gasteiger partial charge in [-0.25, -0.2) is 17.2 Å². The predicted octanol–water partition coefficient (Wildman–Crippen LogP) is 1.62. The van der Waals surface area contributed by atoms with E-state index in [-0.39, 0.29) is 11.3 Å². The fourth-order valence-electron chi connectivity index (χ4n) is 1.28. The highest BCUT2D eigenvalue weighted by atomic mass is 35.7. The molecule has 1 aromatic rings. The Labute approximate surface area is 112 Å². The van der Waals surface area contributed by atoms with Crippen molar-refractivity contribution in [3.05, 3.63) is 23.8 Å². The average molecular weight is 314 g/mol. The number of carbonyl (C=O) groups is 1. The lowest BCUT2D eigenvalue weighted by atomic mass is 10.2. The maximum atomic E-state index is 11.9. The monoisotopic (exact) mass is 313 g/mol. The van der Waals surface area contributed by atoms with Crippen LogP contribution in [0, 0.1) is 0 Å². The molecule has 0 fully saturated rings. The molecule has 0 aromatic heterocycles. The van der Waals surface area contributed by atoms with Crippen LogP contribution in [0.3, 0.4) is 0 Å². The zero-order valence-electron chi connectivity index (χ0n) is 9.69. The van der Waals surface area contributed by atoms with Crippen LogP contribution in [0.25, 0.3) is 0 Å². The molecular weight excluding hydrogens is 304 g/mol. The van der Waals surface area contributed by atoms with Gasteiger partial charge in [0.2, 0.25) is 0 Å². The largest absolute Gasteiger partial charge is 0.495 e. The number of hydrogen-bond donors (Lipinski definition) is 1. The Hall–Kier alpha value is -1.41. The summed E-state index contributed by atoms with van der Waals surface area (Å²) in [6.07, 6.45) is -2.70. The minimum absolute atomic E-state index is 0.0413. The zero-order chi connectivity index (χ0) is 14.6. The number of hydrogen-bond acceptors (Lipinski definition) is 4. The van der Waals surface area contributed by atoms with Crippen LogP contribution in [0.5, 0.6) is 5.75 Å². The molecule has 1 aromatic carbocycles. The van der Waals surface area contributed by atoms with Crippen molar-refractivity contribution in [2.45, 2.75) is 11.3 Å². The van der Waals surface area contributed by atoms with E-state index in [0.717, 1.165) is 6.07 Å². The van der Waals surface area contributed by atoms with Gasteiger partial charge in [-0.2, -0.15) is 0 Å². The number of amides is 1. The van der Waals surface area contributed by atoms with Gasteiger partial charge in [-0.1, -0.05) is 0 Å². The third-order valence-corrected chi connectivity index (χ3v) is 3.45. The van der Waals surface area contributed by atoms with Crippen LogP contribution in [0.1, 0.15) is 10.4 Å². The van der Waals surface area contributed by atoms with Gasteiger partial charge < -0.3 is 10.1 Å². The first-order valence-electron chi connectivity index (χ1n) is 4.94. The van der Waals surface area contributed by atoms with Crippen molar-refractivity contribution in [2.24, 2.45) is 0 Å². The van der Waals surface area contributed by atoms with E-state index in [9.17, 15) is 22.0 Å². The number of methoxy groups -OCH3 is 1. The summed E-state index contributed by atoms with van der Waals surface area (Å²) in [5, 5.41) is 1.95. The van der Waals surface area contributed by atoms with Crippen LogP contribution < -0.4 is 10.1 Å². The second-order valence-electron chi connectivity index (χ2n) is 3.40. The predicted molar refractivity (Wildman–Crippen MR) is 64.4 cm³/mol. The average Bonchev–Trinajstić information content (AvgIpc) is 2.34. The SMILES string of the molecule is COc1ccc(C(=O)NCC(F)F)cc1S(=O)(=O)Cl. The van der Waals surface area contributed by atoms with E-state index in [1.54, 1.807) is 0 Å². The molecule has 0 aliphatic carbocycles. The molecule has 1 N–H and O–H groups in total. The van der Waals surface area contributed by atoms with Crippen molar-refractivity contribution in [1.29, 1.82) is 0 Å².